The van der Waals surface area contributed by atoms with Crippen molar-refractivity contribution < 1.29 is 185 Å². The maximum absolute atomic E-state index is 16.3. The molecule has 11 rings (SSSR count). The molecule has 0 spiro atoms. The number of ether oxygens (including phenoxy) is 26. The summed E-state index contributed by atoms with van der Waals surface area (Å²) < 4.78 is 169. The molecule has 0 bridgehead atoms. The molecule has 0 unspecified atom stereocenters. The van der Waals surface area contributed by atoms with Gasteiger partial charge < -0.3 is 128 Å². The summed E-state index contributed by atoms with van der Waals surface area (Å²) in [5.41, 5.74) is 14.4. The second kappa shape index (κ2) is 53.2. The van der Waals surface area contributed by atoms with E-state index < -0.39 is 276 Å². The Morgan fingerprint density at radius 3 is 1.23 bits per heavy atom. The topological polar surface area (TPSA) is 523 Å². The van der Waals surface area contributed by atoms with Crippen molar-refractivity contribution in [2.45, 2.75) is 275 Å². The van der Waals surface area contributed by atoms with Crippen LogP contribution in [0.4, 0.5) is 0 Å². The molecule has 5 saturated heterocycles. The van der Waals surface area contributed by atoms with Gasteiger partial charge in [0.2, 0.25) is 5.91 Å². The minimum atomic E-state index is -3.42. The summed E-state index contributed by atoms with van der Waals surface area (Å²) in [4.78, 5) is 184. The second-order valence-corrected chi connectivity index (χ2v) is 33.1. The van der Waals surface area contributed by atoms with Gasteiger partial charge in [0, 0.05) is 81.1 Å². The number of methoxy groups -OCH3 is 1. The van der Waals surface area contributed by atoms with Crippen LogP contribution in [0.3, 0.4) is 0 Å². The van der Waals surface area contributed by atoms with E-state index in [9.17, 15) is 58.3 Å². The summed E-state index contributed by atoms with van der Waals surface area (Å²) >= 11 is 0. The van der Waals surface area contributed by atoms with Crippen molar-refractivity contribution in [2.75, 3.05) is 40.1 Å². The molecule has 43 heteroatoms. The normalized spacial score (nSPS) is 27.8. The van der Waals surface area contributed by atoms with E-state index in [-0.39, 0.29) is 38.6 Å². The zero-order chi connectivity index (χ0) is 101. The molecule has 1 amide bonds. The second-order valence-electron chi connectivity index (χ2n) is 33.1. The standard InChI is InChI=1S/C98H114N4O39/c1-54(103)100-77-71(125-57(4)106)43-98(97(115)116-12,140-85(77)80(128-60(7)109)74(126-58(5)107)51-119-55(2)104)141-88-83(137-93-78(101-102-99)84(79(127-59(6)108)76(133-93)53-123-92(114)70-41-29-18-30-42-70)139-95-90(131-63(10)112)87(130-62(9)111)82(129-61(8)110)75(136-95)52-120-56(3)105)73(50-118-45-66-33-21-14-22-34-66)135-96(91(88)132-64(11)113)138-81-72(49-117-44-65-31-19-13-20-32-65)134-94(124-48-69-39-27-17-28-40-69)89(122-47-68-37-25-16-26-38-68)86(81)121-46-67-35-23-15-24-36-67/h13-42,71-91,93-96H,43-53H2,1-12H3,(H,100,103)/t71-,72+,73+,74+,75+,76+,77+,78+,79-,80+,81+,82-,83-,84+,85-,86-,87-,88-,89+,90+,91+,93-,94-,95-,96-,98-/m0/s1. The molecule has 5 fully saturated rings. The zero-order valence-corrected chi connectivity index (χ0v) is 79.3. The zero-order valence-electron chi connectivity index (χ0n) is 79.3. The molecule has 141 heavy (non-hydrogen) atoms. The molecule has 760 valence electrons. The number of carbonyl (C=O) groups is 13. The van der Waals surface area contributed by atoms with E-state index in [1.54, 1.807) is 97.1 Å². The minimum Gasteiger partial charge on any atom is -0.465 e. The summed E-state index contributed by atoms with van der Waals surface area (Å²) in [5.74, 6) is -18.1. The number of nitrogens with zero attached hydrogens (tertiary/aromatic N) is 3. The predicted molar refractivity (Wildman–Crippen MR) is 477 cm³/mol. The van der Waals surface area contributed by atoms with Crippen molar-refractivity contribution in [3.63, 3.8) is 0 Å². The van der Waals surface area contributed by atoms with Crippen molar-refractivity contribution in [3.8, 4) is 0 Å². The van der Waals surface area contributed by atoms with E-state index in [1.807, 2.05) is 60.7 Å². The van der Waals surface area contributed by atoms with Gasteiger partial charge in [-0.15, -0.1) is 0 Å². The quantitative estimate of drug-likeness (QED) is 0.0127. The smallest absolute Gasteiger partial charge is 0.366 e. The molecule has 0 saturated carbocycles. The molecular weight excluding hydrogens is 1860 g/mol. The third-order valence-electron chi connectivity index (χ3n) is 22.2. The predicted octanol–water partition coefficient (Wildman–Crippen LogP) is 7.53. The van der Waals surface area contributed by atoms with Gasteiger partial charge in [-0.2, -0.15) is 0 Å². The first-order valence-electron chi connectivity index (χ1n) is 45.1. The average molecular weight is 1970 g/mol. The van der Waals surface area contributed by atoms with Crippen LogP contribution in [0.25, 0.3) is 10.4 Å². The number of nitrogens with one attached hydrogen (secondary N) is 1. The summed E-state index contributed by atoms with van der Waals surface area (Å²) in [6.07, 6.45) is -47.7. The molecule has 5 aliphatic rings. The highest BCUT2D eigenvalue weighted by molar-refractivity contribution is 5.89. The van der Waals surface area contributed by atoms with Gasteiger partial charge in [0.15, 0.2) is 67.9 Å². The van der Waals surface area contributed by atoms with Crippen LogP contribution in [0.15, 0.2) is 187 Å². The third kappa shape index (κ3) is 31.6. The van der Waals surface area contributed by atoms with Gasteiger partial charge >= 0.3 is 71.6 Å². The fraction of sp³-hybridized carbons (Fsp3) is 0.500. The number of carbonyl (C=O) groups excluding carboxylic acids is 13. The van der Waals surface area contributed by atoms with Crippen molar-refractivity contribution in [2.24, 2.45) is 5.11 Å². The summed E-state index contributed by atoms with van der Waals surface area (Å²) in [6, 6.07) is 47.7. The fourth-order valence-corrected chi connectivity index (χ4v) is 16.6. The lowest BCUT2D eigenvalue weighted by molar-refractivity contribution is -0.406. The Balaban J connectivity index is 1.20. The highest BCUT2D eigenvalue weighted by Gasteiger charge is 2.66. The van der Waals surface area contributed by atoms with E-state index in [0.29, 0.717) is 27.8 Å². The molecule has 0 radical (unpaired) electrons. The van der Waals surface area contributed by atoms with Crippen LogP contribution in [0.1, 0.15) is 121 Å². The van der Waals surface area contributed by atoms with Gasteiger partial charge in [-0.25, -0.2) is 9.59 Å². The first-order chi connectivity index (χ1) is 67.7. The van der Waals surface area contributed by atoms with Crippen molar-refractivity contribution >= 4 is 77.5 Å². The number of esters is 12. The van der Waals surface area contributed by atoms with Crippen LogP contribution >= 0.6 is 0 Å². The Morgan fingerprint density at radius 1 is 0.390 bits per heavy atom. The molecule has 0 aromatic heterocycles. The monoisotopic (exact) mass is 1970 g/mol. The molecule has 5 aliphatic heterocycles. The summed E-state index contributed by atoms with van der Waals surface area (Å²) in [7, 11) is 0.842. The Bertz CT molecular complexity index is 5190. The molecule has 6 aromatic rings. The van der Waals surface area contributed by atoms with Gasteiger partial charge in [0.1, 0.15) is 99.1 Å². The molecule has 0 aliphatic carbocycles. The molecular formula is C98H114N4O39. The number of benzene rings is 6. The van der Waals surface area contributed by atoms with Crippen LogP contribution in [-0.2, 0) is 214 Å². The molecule has 5 heterocycles. The maximum atomic E-state index is 16.3. The van der Waals surface area contributed by atoms with Crippen LogP contribution in [0.5, 0.6) is 0 Å². The lowest BCUT2D eigenvalue weighted by Crippen LogP contribution is -2.72. The highest BCUT2D eigenvalue weighted by atomic mass is 16.8. The molecule has 6 aromatic carbocycles. The number of hydrogen-bond donors (Lipinski definition) is 1. The lowest BCUT2D eigenvalue weighted by atomic mass is 9.87. The SMILES string of the molecule is COC(=O)[C@@]1(O[C@H]2[C@@H](O[C@@H]3O[C@H](COC(=O)c4ccccc4)[C@H](OC(C)=O)[C@H](O[C@@H]4O[C@H](COC(C)=O)[C@H](OC(C)=O)[C@H](OC(C)=O)[C@H]4OC(C)=O)[C@H]3N=[N+]=[N-])[C@@H](COCc3ccccc3)O[C@@H](O[C@H]3[C@H](OCc4ccccc4)[C@@H](OCc4ccccc4)[C@@H](OCc4ccccc4)O[C@@H]3COCc3ccccc3)[C@@H]2OC(C)=O)C[C@H](OC(C)=O)[C@@H](NC(C)=O)[C@@H]([C@H](OC(C)=O)[C@@H](COC(C)=O)OC(C)=O)O1. The van der Waals surface area contributed by atoms with Gasteiger partial charge in [0.05, 0.1) is 71.4 Å². The highest BCUT2D eigenvalue weighted by Crippen LogP contribution is 2.46. The van der Waals surface area contributed by atoms with Gasteiger partial charge in [-0.3, -0.25) is 52.7 Å². The van der Waals surface area contributed by atoms with Crippen LogP contribution < -0.4 is 5.32 Å². The van der Waals surface area contributed by atoms with E-state index in [1.165, 1.54) is 24.3 Å². The van der Waals surface area contributed by atoms with Gasteiger partial charge in [0.25, 0.3) is 5.79 Å². The molecule has 26 atom stereocenters. The van der Waals surface area contributed by atoms with Crippen molar-refractivity contribution in [3.05, 3.63) is 226 Å². The number of rotatable bonds is 45. The summed E-state index contributed by atoms with van der Waals surface area (Å²) in [6.45, 7) is 5.50. The Labute approximate surface area is 810 Å². The van der Waals surface area contributed by atoms with Crippen molar-refractivity contribution in [1.29, 1.82) is 0 Å². The largest absolute Gasteiger partial charge is 0.465 e. The first-order valence-corrected chi connectivity index (χ1v) is 45.1. The Kier molecular flexibility index (Phi) is 40.9. The summed E-state index contributed by atoms with van der Waals surface area (Å²) in [5, 5.41) is 6.81. The Morgan fingerprint density at radius 2 is 0.780 bits per heavy atom. The first kappa shape index (κ1) is 109. The maximum Gasteiger partial charge on any atom is 0.366 e. The van der Waals surface area contributed by atoms with Crippen LogP contribution in [0, 0.1) is 0 Å². The van der Waals surface area contributed by atoms with Crippen LogP contribution in [-0.4, -0.2) is 277 Å². The van der Waals surface area contributed by atoms with Gasteiger partial charge in [-0.05, 0) is 45.5 Å². The van der Waals surface area contributed by atoms with Gasteiger partial charge in [-0.1, -0.05) is 175 Å². The van der Waals surface area contributed by atoms with Crippen molar-refractivity contribution in [1.82, 2.24) is 5.32 Å². The van der Waals surface area contributed by atoms with E-state index >= 15 is 9.59 Å². The third-order valence-corrected chi connectivity index (χ3v) is 22.2. The number of hydrogen-bond acceptors (Lipinski definition) is 40. The van der Waals surface area contributed by atoms with Crippen LogP contribution in [0.2, 0.25) is 0 Å². The fourth-order valence-electron chi connectivity index (χ4n) is 16.6. The van der Waals surface area contributed by atoms with E-state index in [0.717, 1.165) is 83.3 Å². The molecule has 1 N–H and O–H groups in total. The van der Waals surface area contributed by atoms with E-state index in [2.05, 4.69) is 15.3 Å². The lowest BCUT2D eigenvalue weighted by Gasteiger charge is -2.54. The number of amides is 1. The average Bonchev–Trinajstić information content (AvgIpc) is 0.734. The molecule has 43 nitrogen and oxygen atoms in total. The van der Waals surface area contributed by atoms with E-state index in [4.69, 9.17) is 123 Å². The minimum absolute atomic E-state index is 0.0590. The Hall–Kier alpha value is -12.8. The number of azide groups is 1.